The van der Waals surface area contributed by atoms with Crippen molar-refractivity contribution in [2.45, 2.75) is 0 Å². The van der Waals surface area contributed by atoms with E-state index < -0.39 is 34.4 Å². The zero-order valence-electron chi connectivity index (χ0n) is 8.80. The summed E-state index contributed by atoms with van der Waals surface area (Å²) in [5.74, 6) is -3.39. The lowest BCUT2D eigenvalue weighted by molar-refractivity contribution is 0.0686. The second kappa shape index (κ2) is 4.36. The second-order valence-corrected chi connectivity index (χ2v) is 3.35. The number of rotatable bonds is 2. The second-order valence-electron chi connectivity index (χ2n) is 3.35. The Bertz CT molecular complexity index is 662. The van der Waals surface area contributed by atoms with Gasteiger partial charge in [-0.3, -0.25) is 4.79 Å². The van der Waals surface area contributed by atoms with Crippen LogP contribution in [-0.2, 0) is 0 Å². The predicted octanol–water partition coefficient (Wildman–Crippen LogP) is 1.21. The van der Waals surface area contributed by atoms with E-state index in [9.17, 15) is 18.4 Å². The van der Waals surface area contributed by atoms with Crippen molar-refractivity contribution in [3.05, 3.63) is 58.0 Å². The average Bonchev–Trinajstić information content (AvgIpc) is 2.30. The molecule has 0 radical (unpaired) electrons. The van der Waals surface area contributed by atoms with Crippen LogP contribution >= 0.6 is 0 Å². The highest BCUT2D eigenvalue weighted by molar-refractivity contribution is 5.84. The third-order valence-corrected chi connectivity index (χ3v) is 2.18. The summed E-state index contributed by atoms with van der Waals surface area (Å²) in [5, 5.41) is 12.1. The molecule has 1 aromatic carbocycles. The van der Waals surface area contributed by atoms with Crippen LogP contribution in [-0.4, -0.2) is 20.9 Å². The molecule has 1 heterocycles. The Morgan fingerprint density at radius 2 is 1.83 bits per heavy atom. The van der Waals surface area contributed by atoms with Crippen LogP contribution in [0.15, 0.2) is 35.3 Å². The van der Waals surface area contributed by atoms with Gasteiger partial charge in [-0.2, -0.15) is 5.10 Å². The van der Waals surface area contributed by atoms with Gasteiger partial charge in [0.15, 0.2) is 11.6 Å². The molecule has 7 heteroatoms. The van der Waals surface area contributed by atoms with Crippen LogP contribution in [0.3, 0.4) is 0 Å². The van der Waals surface area contributed by atoms with Gasteiger partial charge in [-0.05, 0) is 12.1 Å². The van der Waals surface area contributed by atoms with E-state index in [4.69, 9.17) is 5.11 Å². The Labute approximate surface area is 98.9 Å². The van der Waals surface area contributed by atoms with Crippen LogP contribution in [0.5, 0.6) is 0 Å². The van der Waals surface area contributed by atoms with Crippen LogP contribution in [0, 0.1) is 11.6 Å². The molecular weight excluding hydrogens is 246 g/mol. The zero-order chi connectivity index (χ0) is 13.3. The van der Waals surface area contributed by atoms with Gasteiger partial charge in [-0.25, -0.2) is 18.3 Å². The fraction of sp³-hybridized carbons (Fsp3) is 0. The van der Waals surface area contributed by atoms with Gasteiger partial charge in [-0.1, -0.05) is 6.07 Å². The molecule has 0 atom stereocenters. The summed E-state index contributed by atoms with van der Waals surface area (Å²) in [4.78, 5) is 21.9. The van der Waals surface area contributed by atoms with Gasteiger partial charge in [0.25, 0.3) is 0 Å². The summed E-state index contributed by atoms with van der Waals surface area (Å²) in [7, 11) is 0. The maximum atomic E-state index is 13.4. The molecule has 2 rings (SSSR count). The van der Waals surface area contributed by atoms with Gasteiger partial charge in [0.2, 0.25) is 11.1 Å². The minimum atomic E-state index is -1.56. The highest BCUT2D eigenvalue weighted by Gasteiger charge is 2.15. The van der Waals surface area contributed by atoms with E-state index in [1.54, 1.807) is 0 Å². The zero-order valence-corrected chi connectivity index (χ0v) is 8.80. The maximum Gasteiger partial charge on any atom is 0.360 e. The van der Waals surface area contributed by atoms with Gasteiger partial charge >= 0.3 is 5.97 Å². The molecule has 18 heavy (non-hydrogen) atoms. The molecule has 92 valence electrons. The van der Waals surface area contributed by atoms with Crippen molar-refractivity contribution in [2.24, 2.45) is 0 Å². The number of para-hydroxylation sites is 1. The molecule has 0 saturated heterocycles. The van der Waals surface area contributed by atoms with Crippen molar-refractivity contribution in [3.8, 4) is 5.69 Å². The maximum absolute atomic E-state index is 13.4. The molecule has 0 unspecified atom stereocenters. The van der Waals surface area contributed by atoms with Crippen molar-refractivity contribution >= 4 is 5.97 Å². The number of nitrogens with zero attached hydrogens (tertiary/aromatic N) is 2. The number of carboxylic acids is 1. The number of carbonyl (C=O) groups is 1. The molecule has 1 aromatic heterocycles. The summed E-state index contributed by atoms with van der Waals surface area (Å²) in [6.07, 6.45) is 0.996. The molecule has 0 saturated carbocycles. The fourth-order valence-corrected chi connectivity index (χ4v) is 1.39. The molecule has 1 N–H and O–H groups in total. The van der Waals surface area contributed by atoms with Crippen molar-refractivity contribution in [3.63, 3.8) is 0 Å². The molecule has 0 amide bonds. The SMILES string of the molecule is O=C(O)c1nn(-c2c(F)cccc2F)ccc1=O. The van der Waals surface area contributed by atoms with E-state index >= 15 is 0 Å². The Morgan fingerprint density at radius 1 is 1.22 bits per heavy atom. The van der Waals surface area contributed by atoms with Gasteiger partial charge in [0.1, 0.15) is 5.69 Å². The van der Waals surface area contributed by atoms with Crippen LogP contribution in [0.25, 0.3) is 5.69 Å². The third-order valence-electron chi connectivity index (χ3n) is 2.18. The Hall–Kier alpha value is -2.57. The summed E-state index contributed by atoms with van der Waals surface area (Å²) < 4.78 is 27.6. The summed E-state index contributed by atoms with van der Waals surface area (Å²) in [6.45, 7) is 0. The molecule has 0 bridgehead atoms. The number of carboxylic acid groups (broad SMARTS) is 1. The Balaban J connectivity index is 2.69. The van der Waals surface area contributed by atoms with Gasteiger partial charge in [0.05, 0.1) is 0 Å². The Kier molecular flexibility index (Phi) is 2.88. The molecule has 0 spiro atoms. The number of aromatic carboxylic acids is 1. The Morgan fingerprint density at radius 3 is 2.39 bits per heavy atom. The summed E-state index contributed by atoms with van der Waals surface area (Å²) in [6, 6.07) is 4.04. The summed E-state index contributed by atoms with van der Waals surface area (Å²) >= 11 is 0. The van der Waals surface area contributed by atoms with Gasteiger partial charge in [-0.15, -0.1) is 0 Å². The van der Waals surface area contributed by atoms with E-state index in [1.165, 1.54) is 0 Å². The van der Waals surface area contributed by atoms with E-state index in [0.29, 0.717) is 4.68 Å². The smallest absolute Gasteiger partial charge is 0.360 e. The normalized spacial score (nSPS) is 10.3. The van der Waals surface area contributed by atoms with Crippen LogP contribution in [0.1, 0.15) is 10.5 Å². The molecule has 0 aliphatic rings. The highest BCUT2D eigenvalue weighted by atomic mass is 19.1. The van der Waals surface area contributed by atoms with E-state index in [0.717, 1.165) is 30.5 Å². The predicted molar refractivity (Wildman–Crippen MR) is 56.7 cm³/mol. The van der Waals surface area contributed by atoms with Crippen LogP contribution in [0.2, 0.25) is 0 Å². The third kappa shape index (κ3) is 1.97. The molecule has 2 aromatic rings. The number of aromatic nitrogens is 2. The first-order valence-corrected chi connectivity index (χ1v) is 4.78. The first kappa shape index (κ1) is 11.9. The molecule has 5 nitrogen and oxygen atoms in total. The minimum absolute atomic E-state index is 0.542. The fourth-order valence-electron chi connectivity index (χ4n) is 1.39. The van der Waals surface area contributed by atoms with Crippen molar-refractivity contribution in [1.82, 2.24) is 9.78 Å². The van der Waals surface area contributed by atoms with Gasteiger partial charge < -0.3 is 5.11 Å². The monoisotopic (exact) mass is 252 g/mol. The van der Waals surface area contributed by atoms with Crippen molar-refractivity contribution < 1.29 is 18.7 Å². The highest BCUT2D eigenvalue weighted by Crippen LogP contribution is 2.15. The van der Waals surface area contributed by atoms with E-state index in [1.807, 2.05) is 0 Å². The largest absolute Gasteiger partial charge is 0.476 e. The first-order valence-electron chi connectivity index (χ1n) is 4.78. The number of hydrogen-bond donors (Lipinski definition) is 1. The molecule has 0 fully saturated rings. The molecule has 0 aliphatic carbocycles. The average molecular weight is 252 g/mol. The number of hydrogen-bond acceptors (Lipinski definition) is 3. The van der Waals surface area contributed by atoms with E-state index in [-0.39, 0.29) is 0 Å². The van der Waals surface area contributed by atoms with E-state index in [2.05, 4.69) is 5.10 Å². The number of benzene rings is 1. The lowest BCUT2D eigenvalue weighted by Crippen LogP contribution is -2.21. The number of halogens is 2. The standard InChI is InChI=1S/C11H6F2N2O3/c12-6-2-1-3-7(13)10(6)15-5-4-8(16)9(14-15)11(17)18/h1-5H,(H,17,18). The topological polar surface area (TPSA) is 72.2 Å². The lowest BCUT2D eigenvalue weighted by Gasteiger charge is -2.07. The minimum Gasteiger partial charge on any atom is -0.476 e. The molecule has 0 aliphatic heterocycles. The first-order chi connectivity index (χ1) is 8.50. The quantitative estimate of drug-likeness (QED) is 0.871. The van der Waals surface area contributed by atoms with Crippen LogP contribution < -0.4 is 5.43 Å². The van der Waals surface area contributed by atoms with Crippen molar-refractivity contribution in [2.75, 3.05) is 0 Å². The van der Waals surface area contributed by atoms with Crippen molar-refractivity contribution in [1.29, 1.82) is 0 Å². The summed E-state index contributed by atoms with van der Waals surface area (Å²) in [5.41, 5.74) is -2.18. The van der Waals surface area contributed by atoms with Crippen LogP contribution in [0.4, 0.5) is 8.78 Å². The van der Waals surface area contributed by atoms with Gasteiger partial charge in [0, 0.05) is 12.3 Å². The lowest BCUT2D eigenvalue weighted by atomic mass is 10.3. The molecular formula is C11H6F2N2O3.